The molecule has 5 nitrogen and oxygen atoms in total. The monoisotopic (exact) mass is 315 g/mol. The van der Waals surface area contributed by atoms with Crippen LogP contribution in [-0.2, 0) is 16.6 Å². The fourth-order valence-corrected chi connectivity index (χ4v) is 4.01. The van der Waals surface area contributed by atoms with E-state index in [4.69, 9.17) is 5.73 Å². The summed E-state index contributed by atoms with van der Waals surface area (Å²) < 4.78 is 40.4. The zero-order chi connectivity index (χ0) is 15.6. The number of nitrogens with zero attached hydrogens (tertiary/aromatic N) is 2. The minimum Gasteiger partial charge on any atom is -0.326 e. The van der Waals surface area contributed by atoms with Gasteiger partial charge in [-0.05, 0) is 31.5 Å². The maximum atomic E-state index is 13.9. The fourth-order valence-electron chi connectivity index (χ4n) is 2.47. The molecular weight excluding hydrogens is 293 g/mol. The van der Waals surface area contributed by atoms with Gasteiger partial charge in [0.05, 0.1) is 0 Å². The number of benzene rings is 1. The number of rotatable bonds is 4. The van der Waals surface area contributed by atoms with Crippen molar-refractivity contribution >= 4 is 10.0 Å². The van der Waals surface area contributed by atoms with Gasteiger partial charge in [-0.25, -0.2) is 12.8 Å². The summed E-state index contributed by atoms with van der Waals surface area (Å²) in [7, 11) is -3.80. The van der Waals surface area contributed by atoms with Crippen molar-refractivity contribution in [3.05, 3.63) is 29.6 Å². The first kappa shape index (κ1) is 16.4. The van der Waals surface area contributed by atoms with E-state index >= 15 is 0 Å². The summed E-state index contributed by atoms with van der Waals surface area (Å²) in [5.41, 5.74) is 6.11. The van der Waals surface area contributed by atoms with Gasteiger partial charge in [-0.2, -0.15) is 4.31 Å². The van der Waals surface area contributed by atoms with E-state index in [1.807, 2.05) is 0 Å². The predicted molar refractivity (Wildman–Crippen MR) is 79.8 cm³/mol. The molecule has 118 valence electrons. The molecule has 0 aromatic heterocycles. The third-order valence-electron chi connectivity index (χ3n) is 3.85. The maximum Gasteiger partial charge on any atom is 0.246 e. The molecule has 0 bridgehead atoms. The van der Waals surface area contributed by atoms with Crippen molar-refractivity contribution in [2.75, 3.05) is 26.2 Å². The van der Waals surface area contributed by atoms with Gasteiger partial charge < -0.3 is 5.73 Å². The molecule has 0 radical (unpaired) electrons. The van der Waals surface area contributed by atoms with Crippen LogP contribution in [0.25, 0.3) is 0 Å². The van der Waals surface area contributed by atoms with E-state index in [1.54, 1.807) is 0 Å². The number of hydrogen-bond donors (Lipinski definition) is 1. The SMILES string of the molecule is CC(C)N1CCN(S(=O)(=O)c2cc(CN)ccc2F)CC1. The van der Waals surface area contributed by atoms with Crippen LogP contribution in [0.15, 0.2) is 23.1 Å². The Morgan fingerprint density at radius 1 is 1.24 bits per heavy atom. The van der Waals surface area contributed by atoms with Crippen molar-refractivity contribution in [3.63, 3.8) is 0 Å². The van der Waals surface area contributed by atoms with Crippen LogP contribution in [0.4, 0.5) is 4.39 Å². The van der Waals surface area contributed by atoms with Gasteiger partial charge >= 0.3 is 0 Å². The van der Waals surface area contributed by atoms with Gasteiger partial charge in [0.25, 0.3) is 0 Å². The second-order valence-corrected chi connectivity index (χ2v) is 7.41. The highest BCUT2D eigenvalue weighted by molar-refractivity contribution is 7.89. The molecule has 1 heterocycles. The third kappa shape index (κ3) is 3.42. The molecule has 0 aliphatic carbocycles. The molecule has 0 spiro atoms. The molecule has 1 aliphatic rings. The van der Waals surface area contributed by atoms with Gasteiger partial charge in [0.15, 0.2) is 0 Å². The van der Waals surface area contributed by atoms with E-state index in [-0.39, 0.29) is 11.4 Å². The molecule has 1 aromatic carbocycles. The zero-order valence-electron chi connectivity index (χ0n) is 12.4. The van der Waals surface area contributed by atoms with E-state index in [0.29, 0.717) is 37.8 Å². The van der Waals surface area contributed by atoms with Crippen LogP contribution >= 0.6 is 0 Å². The average Bonchev–Trinajstić information content (AvgIpc) is 2.47. The fraction of sp³-hybridized carbons (Fsp3) is 0.571. The Bertz CT molecular complexity index is 596. The lowest BCUT2D eigenvalue weighted by Gasteiger charge is -2.36. The topological polar surface area (TPSA) is 66.6 Å². The number of piperazine rings is 1. The second kappa shape index (κ2) is 6.39. The summed E-state index contributed by atoms with van der Waals surface area (Å²) in [5.74, 6) is -0.724. The Labute approximate surface area is 125 Å². The largest absolute Gasteiger partial charge is 0.326 e. The molecule has 1 saturated heterocycles. The molecule has 2 N–H and O–H groups in total. The smallest absolute Gasteiger partial charge is 0.246 e. The first-order valence-corrected chi connectivity index (χ1v) is 8.53. The molecule has 1 fully saturated rings. The van der Waals surface area contributed by atoms with Crippen molar-refractivity contribution in [2.24, 2.45) is 5.73 Å². The van der Waals surface area contributed by atoms with Crippen molar-refractivity contribution in [2.45, 2.75) is 31.3 Å². The van der Waals surface area contributed by atoms with Crippen LogP contribution in [0.3, 0.4) is 0 Å². The quantitative estimate of drug-likeness (QED) is 0.900. The van der Waals surface area contributed by atoms with E-state index in [0.717, 1.165) is 0 Å². The Morgan fingerprint density at radius 2 is 1.86 bits per heavy atom. The van der Waals surface area contributed by atoms with E-state index in [1.165, 1.54) is 22.5 Å². The van der Waals surface area contributed by atoms with Gasteiger partial charge in [-0.1, -0.05) is 6.07 Å². The molecule has 0 saturated carbocycles. The van der Waals surface area contributed by atoms with E-state index < -0.39 is 15.8 Å². The highest BCUT2D eigenvalue weighted by atomic mass is 32.2. The molecule has 0 amide bonds. The lowest BCUT2D eigenvalue weighted by atomic mass is 10.2. The summed E-state index contributed by atoms with van der Waals surface area (Å²) in [6.45, 7) is 6.43. The minimum absolute atomic E-state index is 0.184. The van der Waals surface area contributed by atoms with Crippen molar-refractivity contribution in [3.8, 4) is 0 Å². The van der Waals surface area contributed by atoms with Crippen LogP contribution in [-0.4, -0.2) is 49.8 Å². The van der Waals surface area contributed by atoms with Crippen LogP contribution in [0, 0.1) is 5.82 Å². The molecule has 0 atom stereocenters. The number of sulfonamides is 1. The summed E-state index contributed by atoms with van der Waals surface area (Å²) in [5, 5.41) is 0. The molecule has 0 unspecified atom stereocenters. The first-order valence-electron chi connectivity index (χ1n) is 7.09. The number of nitrogens with two attached hydrogens (primary N) is 1. The predicted octanol–water partition coefficient (Wildman–Crippen LogP) is 0.999. The van der Waals surface area contributed by atoms with Crippen LogP contribution in [0.5, 0.6) is 0 Å². The van der Waals surface area contributed by atoms with Crippen molar-refractivity contribution in [1.29, 1.82) is 0 Å². The molecular formula is C14H22FN3O2S. The van der Waals surface area contributed by atoms with Gasteiger partial charge in [0.2, 0.25) is 10.0 Å². The number of halogens is 1. The Kier molecular flexibility index (Phi) is 4.98. The van der Waals surface area contributed by atoms with Crippen LogP contribution in [0.2, 0.25) is 0 Å². The summed E-state index contributed by atoms with van der Waals surface area (Å²) >= 11 is 0. The van der Waals surface area contributed by atoms with Crippen LogP contribution in [0.1, 0.15) is 19.4 Å². The molecule has 2 rings (SSSR count). The van der Waals surface area contributed by atoms with E-state index in [2.05, 4.69) is 18.7 Å². The average molecular weight is 315 g/mol. The van der Waals surface area contributed by atoms with Crippen molar-refractivity contribution < 1.29 is 12.8 Å². The second-order valence-electron chi connectivity index (χ2n) is 5.50. The highest BCUT2D eigenvalue weighted by Crippen LogP contribution is 2.22. The lowest BCUT2D eigenvalue weighted by Crippen LogP contribution is -2.50. The summed E-state index contributed by atoms with van der Waals surface area (Å²) in [6.07, 6.45) is 0. The Morgan fingerprint density at radius 3 is 2.38 bits per heavy atom. The standard InChI is InChI=1S/C14H22FN3O2S/c1-11(2)17-5-7-18(8-6-17)21(19,20)14-9-12(10-16)3-4-13(14)15/h3-4,9,11H,5-8,10,16H2,1-2H3. The summed E-state index contributed by atoms with van der Waals surface area (Å²) in [6, 6.07) is 4.39. The molecule has 1 aliphatic heterocycles. The maximum absolute atomic E-state index is 13.9. The highest BCUT2D eigenvalue weighted by Gasteiger charge is 2.31. The normalized spacial score (nSPS) is 18.3. The zero-order valence-corrected chi connectivity index (χ0v) is 13.2. The number of hydrogen-bond acceptors (Lipinski definition) is 4. The van der Waals surface area contributed by atoms with Gasteiger partial charge in [-0.3, -0.25) is 4.90 Å². The van der Waals surface area contributed by atoms with Crippen LogP contribution < -0.4 is 5.73 Å². The Hall–Kier alpha value is -1.02. The Balaban J connectivity index is 2.23. The third-order valence-corrected chi connectivity index (χ3v) is 5.77. The van der Waals surface area contributed by atoms with Crippen molar-refractivity contribution in [1.82, 2.24) is 9.21 Å². The minimum atomic E-state index is -3.80. The van der Waals surface area contributed by atoms with Gasteiger partial charge in [0, 0.05) is 38.8 Å². The summed E-state index contributed by atoms with van der Waals surface area (Å²) in [4.78, 5) is 1.93. The molecule has 1 aromatic rings. The molecule has 7 heteroatoms. The lowest BCUT2D eigenvalue weighted by molar-refractivity contribution is 0.154. The van der Waals surface area contributed by atoms with Gasteiger partial charge in [-0.15, -0.1) is 0 Å². The van der Waals surface area contributed by atoms with E-state index in [9.17, 15) is 12.8 Å². The first-order chi connectivity index (χ1) is 9.86. The van der Waals surface area contributed by atoms with Gasteiger partial charge in [0.1, 0.15) is 10.7 Å². The molecule has 21 heavy (non-hydrogen) atoms.